The van der Waals surface area contributed by atoms with Crippen LogP contribution in [0.2, 0.25) is 0 Å². The molecular formula is C8H14N2O. The summed E-state index contributed by atoms with van der Waals surface area (Å²) in [6.45, 7) is 7.24. The Labute approximate surface area is 67.4 Å². The highest BCUT2D eigenvalue weighted by atomic mass is 16.2. The molecule has 0 spiro atoms. The van der Waals surface area contributed by atoms with Crippen LogP contribution in [0.3, 0.4) is 0 Å². The van der Waals surface area contributed by atoms with Crippen LogP contribution in [0.4, 0.5) is 0 Å². The van der Waals surface area contributed by atoms with Gasteiger partial charge in [-0.05, 0) is 27.7 Å². The number of hydrogen-bond acceptors (Lipinski definition) is 2. The lowest BCUT2D eigenvalue weighted by Crippen LogP contribution is -2.42. The summed E-state index contributed by atoms with van der Waals surface area (Å²) in [6.07, 6.45) is 0. The summed E-state index contributed by atoms with van der Waals surface area (Å²) >= 11 is 0. The molecule has 0 radical (unpaired) electrons. The molecule has 1 N–H and O–H groups in total. The first-order valence-electron chi connectivity index (χ1n) is 3.58. The average Bonchev–Trinajstić information content (AvgIpc) is 1.82. The van der Waals surface area contributed by atoms with Gasteiger partial charge >= 0.3 is 0 Å². The predicted molar refractivity (Wildman–Crippen MR) is 42.7 cm³/mol. The summed E-state index contributed by atoms with van der Waals surface area (Å²) in [7, 11) is 0. The van der Waals surface area contributed by atoms with Gasteiger partial charge in [-0.25, -0.2) is 0 Å². The van der Waals surface area contributed by atoms with E-state index in [1.165, 1.54) is 0 Å². The Hall–Kier alpha value is -1.04. The molecule has 0 aliphatic rings. The molecule has 1 amide bonds. The highest BCUT2D eigenvalue weighted by molar-refractivity contribution is 5.81. The van der Waals surface area contributed by atoms with Gasteiger partial charge in [0.05, 0.1) is 6.07 Å². The molecule has 0 saturated heterocycles. The first-order chi connectivity index (χ1) is 4.87. The molecule has 0 aromatic rings. The van der Waals surface area contributed by atoms with E-state index in [1.54, 1.807) is 6.92 Å². The van der Waals surface area contributed by atoms with Crippen LogP contribution in [-0.2, 0) is 4.79 Å². The number of hydrogen-bond donors (Lipinski definition) is 1. The summed E-state index contributed by atoms with van der Waals surface area (Å²) in [5, 5.41) is 11.1. The molecular weight excluding hydrogens is 140 g/mol. The van der Waals surface area contributed by atoms with Gasteiger partial charge in [-0.2, -0.15) is 5.26 Å². The summed E-state index contributed by atoms with van der Waals surface area (Å²) in [6, 6.07) is 1.88. The van der Waals surface area contributed by atoms with Crippen LogP contribution in [-0.4, -0.2) is 11.4 Å². The summed E-state index contributed by atoms with van der Waals surface area (Å²) < 4.78 is 0. The second kappa shape index (κ2) is 3.38. The standard InChI is InChI=1S/C8H14N2O/c1-6(5-9)7(11)10-8(2,3)4/h6H,1-4H3,(H,10,11). The molecule has 0 aromatic carbocycles. The van der Waals surface area contributed by atoms with Gasteiger partial charge in [0.1, 0.15) is 5.92 Å². The zero-order valence-corrected chi connectivity index (χ0v) is 7.43. The van der Waals surface area contributed by atoms with E-state index in [4.69, 9.17) is 5.26 Å². The Bertz CT molecular complexity index is 185. The van der Waals surface area contributed by atoms with Gasteiger partial charge < -0.3 is 5.32 Å². The molecule has 3 nitrogen and oxygen atoms in total. The smallest absolute Gasteiger partial charge is 0.237 e. The van der Waals surface area contributed by atoms with Gasteiger partial charge in [0, 0.05) is 5.54 Å². The molecule has 0 heterocycles. The monoisotopic (exact) mass is 154 g/mol. The highest BCUT2D eigenvalue weighted by Gasteiger charge is 2.18. The largest absolute Gasteiger partial charge is 0.350 e. The van der Waals surface area contributed by atoms with Crippen molar-refractivity contribution in [2.24, 2.45) is 5.92 Å². The van der Waals surface area contributed by atoms with Crippen molar-refractivity contribution in [3.63, 3.8) is 0 Å². The summed E-state index contributed by atoms with van der Waals surface area (Å²) in [5.41, 5.74) is -0.248. The van der Waals surface area contributed by atoms with Crippen molar-refractivity contribution in [3.8, 4) is 6.07 Å². The number of rotatable bonds is 1. The minimum Gasteiger partial charge on any atom is -0.350 e. The fourth-order valence-corrected chi connectivity index (χ4v) is 0.536. The molecule has 0 bridgehead atoms. The number of nitrogens with zero attached hydrogens (tertiary/aromatic N) is 1. The van der Waals surface area contributed by atoms with Crippen LogP contribution in [0.25, 0.3) is 0 Å². The molecule has 3 heteroatoms. The van der Waals surface area contributed by atoms with Crippen molar-refractivity contribution in [3.05, 3.63) is 0 Å². The van der Waals surface area contributed by atoms with Crippen molar-refractivity contribution in [1.29, 1.82) is 5.26 Å². The Kier molecular flexibility index (Phi) is 3.06. The molecule has 62 valence electrons. The Morgan fingerprint density at radius 1 is 1.55 bits per heavy atom. The maximum Gasteiger partial charge on any atom is 0.237 e. The van der Waals surface area contributed by atoms with Crippen molar-refractivity contribution >= 4 is 5.91 Å². The fraction of sp³-hybridized carbons (Fsp3) is 0.750. The van der Waals surface area contributed by atoms with Gasteiger partial charge in [0.25, 0.3) is 0 Å². The summed E-state index contributed by atoms with van der Waals surface area (Å²) in [4.78, 5) is 11.1. The minimum absolute atomic E-state index is 0.208. The van der Waals surface area contributed by atoms with Gasteiger partial charge in [-0.3, -0.25) is 4.79 Å². The third kappa shape index (κ3) is 4.38. The van der Waals surface area contributed by atoms with E-state index in [-0.39, 0.29) is 11.4 Å². The topological polar surface area (TPSA) is 52.9 Å². The van der Waals surface area contributed by atoms with Crippen molar-refractivity contribution in [1.82, 2.24) is 5.32 Å². The van der Waals surface area contributed by atoms with E-state index in [2.05, 4.69) is 5.32 Å². The first kappa shape index (κ1) is 9.96. The maximum absolute atomic E-state index is 11.1. The average molecular weight is 154 g/mol. The molecule has 0 aliphatic carbocycles. The number of carbonyl (C=O) groups excluding carboxylic acids is 1. The second-order valence-corrected chi connectivity index (χ2v) is 3.59. The summed E-state index contributed by atoms with van der Waals surface area (Å²) in [5.74, 6) is -0.769. The third-order valence-corrected chi connectivity index (χ3v) is 1.09. The Balaban J connectivity index is 4.01. The van der Waals surface area contributed by atoms with Gasteiger partial charge in [-0.15, -0.1) is 0 Å². The van der Waals surface area contributed by atoms with Crippen LogP contribution in [0.1, 0.15) is 27.7 Å². The van der Waals surface area contributed by atoms with Crippen LogP contribution >= 0.6 is 0 Å². The maximum atomic E-state index is 11.1. The molecule has 1 unspecified atom stereocenters. The van der Waals surface area contributed by atoms with Crippen molar-refractivity contribution in [2.45, 2.75) is 33.2 Å². The van der Waals surface area contributed by atoms with E-state index in [0.29, 0.717) is 0 Å². The molecule has 0 saturated carbocycles. The lowest BCUT2D eigenvalue weighted by molar-refractivity contribution is -0.124. The number of carbonyl (C=O) groups is 1. The van der Waals surface area contributed by atoms with E-state index in [9.17, 15) is 4.79 Å². The van der Waals surface area contributed by atoms with Crippen molar-refractivity contribution < 1.29 is 4.79 Å². The zero-order valence-electron chi connectivity index (χ0n) is 7.43. The van der Waals surface area contributed by atoms with Gasteiger partial charge in [0.15, 0.2) is 0 Å². The number of nitriles is 1. The fourth-order valence-electron chi connectivity index (χ4n) is 0.536. The lowest BCUT2D eigenvalue weighted by atomic mass is 10.1. The third-order valence-electron chi connectivity index (χ3n) is 1.09. The lowest BCUT2D eigenvalue weighted by Gasteiger charge is -2.20. The first-order valence-corrected chi connectivity index (χ1v) is 3.58. The molecule has 0 rings (SSSR count). The van der Waals surface area contributed by atoms with E-state index >= 15 is 0 Å². The van der Waals surface area contributed by atoms with E-state index in [1.807, 2.05) is 26.8 Å². The molecule has 0 fully saturated rings. The van der Waals surface area contributed by atoms with Crippen LogP contribution in [0, 0.1) is 17.2 Å². The quantitative estimate of drug-likeness (QED) is 0.614. The van der Waals surface area contributed by atoms with Gasteiger partial charge in [0.2, 0.25) is 5.91 Å². The van der Waals surface area contributed by atoms with E-state index < -0.39 is 5.92 Å². The highest BCUT2D eigenvalue weighted by Crippen LogP contribution is 2.01. The molecule has 0 aliphatic heterocycles. The normalized spacial score (nSPS) is 13.4. The molecule has 0 aromatic heterocycles. The second-order valence-electron chi connectivity index (χ2n) is 3.59. The Morgan fingerprint density at radius 2 is 2.00 bits per heavy atom. The number of nitrogens with one attached hydrogen (secondary N) is 1. The van der Waals surface area contributed by atoms with Crippen LogP contribution in [0.5, 0.6) is 0 Å². The molecule has 11 heavy (non-hydrogen) atoms. The Morgan fingerprint density at radius 3 is 2.27 bits per heavy atom. The van der Waals surface area contributed by atoms with Crippen LogP contribution < -0.4 is 5.32 Å². The zero-order chi connectivity index (χ0) is 9.07. The van der Waals surface area contributed by atoms with Crippen LogP contribution in [0.15, 0.2) is 0 Å². The van der Waals surface area contributed by atoms with Gasteiger partial charge in [-0.1, -0.05) is 0 Å². The molecule has 1 atom stereocenters. The predicted octanol–water partition coefficient (Wildman–Crippen LogP) is 1.06. The minimum atomic E-state index is -0.561. The van der Waals surface area contributed by atoms with Crippen molar-refractivity contribution in [2.75, 3.05) is 0 Å². The van der Waals surface area contributed by atoms with E-state index in [0.717, 1.165) is 0 Å². The number of amides is 1. The SMILES string of the molecule is CC(C#N)C(=O)NC(C)(C)C.